The number of pyridine rings is 1. The summed E-state index contributed by atoms with van der Waals surface area (Å²) < 4.78 is 14.6. The van der Waals surface area contributed by atoms with Gasteiger partial charge in [0.05, 0.1) is 0 Å². The fourth-order valence-corrected chi connectivity index (χ4v) is 5.77. The van der Waals surface area contributed by atoms with Crippen LogP contribution in [0.3, 0.4) is 0 Å². The van der Waals surface area contributed by atoms with Gasteiger partial charge < -0.3 is 15.4 Å². The van der Waals surface area contributed by atoms with Gasteiger partial charge in [-0.2, -0.15) is 0 Å². The van der Waals surface area contributed by atoms with Crippen molar-refractivity contribution in [1.29, 1.82) is 0 Å². The number of nitrogens with one attached hydrogen (secondary N) is 1. The number of fused-ring (bicyclic) bond motifs is 4. The molecule has 0 saturated carbocycles. The van der Waals surface area contributed by atoms with Gasteiger partial charge in [0, 0.05) is 29.5 Å². The van der Waals surface area contributed by atoms with Gasteiger partial charge in [0.25, 0.3) is 5.91 Å². The van der Waals surface area contributed by atoms with Crippen LogP contribution in [0.4, 0.5) is 4.39 Å². The Labute approximate surface area is 201 Å². The molecule has 1 saturated heterocycles. The smallest absolute Gasteiger partial charge is 0.278 e. The highest BCUT2D eigenvalue weighted by Gasteiger charge is 2.37. The Morgan fingerprint density at radius 2 is 1.91 bits per heavy atom. The molecule has 0 unspecified atom stereocenters. The number of aromatic hydroxyl groups is 1. The predicted molar refractivity (Wildman–Crippen MR) is 130 cm³/mol. The van der Waals surface area contributed by atoms with Gasteiger partial charge in [-0.15, -0.1) is 11.8 Å². The number of hydrogen-bond donors (Lipinski definition) is 2. The monoisotopic (exact) mass is 479 g/mol. The van der Waals surface area contributed by atoms with Gasteiger partial charge in [-0.05, 0) is 60.1 Å². The van der Waals surface area contributed by atoms with E-state index in [9.17, 15) is 19.1 Å². The lowest BCUT2D eigenvalue weighted by Gasteiger charge is -2.43. The van der Waals surface area contributed by atoms with Crippen molar-refractivity contribution < 1.29 is 14.3 Å². The number of amides is 1. The number of halogens is 1. The summed E-state index contributed by atoms with van der Waals surface area (Å²) in [6, 6.07) is 14.8. The lowest BCUT2D eigenvalue weighted by molar-refractivity contribution is 0.0517. The van der Waals surface area contributed by atoms with E-state index in [2.05, 4.69) is 36.6 Å². The fraction of sp³-hybridized carbons (Fsp3) is 0.308. The van der Waals surface area contributed by atoms with Crippen molar-refractivity contribution in [1.82, 2.24) is 9.58 Å². The molecule has 4 heterocycles. The van der Waals surface area contributed by atoms with Crippen LogP contribution in [0.15, 0.2) is 64.4 Å². The summed E-state index contributed by atoms with van der Waals surface area (Å²) >= 11 is 1.79. The molecular formula is C26H26FN3O3S. The molecule has 0 spiro atoms. The summed E-state index contributed by atoms with van der Waals surface area (Å²) in [7, 11) is 0. The molecule has 1 amide bonds. The first-order valence-electron chi connectivity index (χ1n) is 11.4. The Kier molecular flexibility index (Phi) is 6.08. The summed E-state index contributed by atoms with van der Waals surface area (Å²) in [5, 5.41) is 9.74. The quantitative estimate of drug-likeness (QED) is 0.502. The van der Waals surface area contributed by atoms with Gasteiger partial charge in [0.2, 0.25) is 5.43 Å². The van der Waals surface area contributed by atoms with Crippen LogP contribution in [-0.2, 0) is 12.2 Å². The number of aromatic nitrogens is 1. The van der Waals surface area contributed by atoms with E-state index >= 15 is 0 Å². The highest BCUT2D eigenvalue weighted by molar-refractivity contribution is 7.98. The Balaban J connectivity index is 0.000000142. The molecule has 34 heavy (non-hydrogen) atoms. The zero-order valence-corrected chi connectivity index (χ0v) is 19.6. The second kappa shape index (κ2) is 9.18. The summed E-state index contributed by atoms with van der Waals surface area (Å²) in [6.45, 7) is 2.81. The van der Waals surface area contributed by atoms with Crippen LogP contribution in [0, 0.1) is 11.7 Å². The van der Waals surface area contributed by atoms with E-state index in [0.29, 0.717) is 12.5 Å². The van der Waals surface area contributed by atoms with Gasteiger partial charge >= 0.3 is 0 Å². The van der Waals surface area contributed by atoms with Crippen molar-refractivity contribution in [3.05, 3.63) is 93.2 Å². The van der Waals surface area contributed by atoms with Crippen LogP contribution in [0.5, 0.6) is 5.75 Å². The number of carbonyl (C=O) groups excluding carboxylic acids is 1. The summed E-state index contributed by atoms with van der Waals surface area (Å²) in [5.41, 5.74) is 6.38. The van der Waals surface area contributed by atoms with Crippen LogP contribution in [0.1, 0.15) is 46.9 Å². The van der Waals surface area contributed by atoms with E-state index in [1.807, 2.05) is 6.07 Å². The minimum Gasteiger partial charge on any atom is -0.502 e. The van der Waals surface area contributed by atoms with Crippen molar-refractivity contribution in [3.8, 4) is 5.75 Å². The number of benzene rings is 2. The number of piperidine rings is 1. The molecule has 0 aliphatic carbocycles. The number of thioether (sulfide) groups is 1. The first kappa shape index (κ1) is 22.5. The van der Waals surface area contributed by atoms with Gasteiger partial charge in [0.15, 0.2) is 11.4 Å². The molecule has 0 bridgehead atoms. The van der Waals surface area contributed by atoms with Crippen molar-refractivity contribution in [3.63, 3.8) is 0 Å². The molecule has 176 valence electrons. The largest absolute Gasteiger partial charge is 0.502 e. The zero-order chi connectivity index (χ0) is 23.8. The van der Waals surface area contributed by atoms with E-state index in [1.165, 1.54) is 33.0 Å². The molecule has 1 fully saturated rings. The number of carbonyl (C=O) groups is 1. The molecule has 0 radical (unpaired) electrons. The molecule has 2 aromatic carbocycles. The van der Waals surface area contributed by atoms with E-state index in [-0.39, 0.29) is 23.6 Å². The Bertz CT molecular complexity index is 1310. The number of nitrogens with zero attached hydrogens (tertiary/aromatic N) is 2. The molecular weight excluding hydrogens is 453 g/mol. The standard InChI is InChI=1S/C14H11FS.C12H15N3O3/c15-13-6-5-10-7-11-3-1-2-4-14(11)16-9-12(10)8-13;1-7-2-4-14-9(6-7)13-15-5-3-8(16)11(17)10(15)12(14)18/h1-6,8H,7,9H2;3,5,7,9,13,17H,2,4,6H2,1H3/t;7-,9+/m.1/s1. The Hall–Kier alpha value is -3.26. The van der Waals surface area contributed by atoms with E-state index in [0.717, 1.165) is 30.6 Å². The van der Waals surface area contributed by atoms with E-state index in [1.54, 1.807) is 28.8 Å². The fourth-order valence-electron chi connectivity index (χ4n) is 4.69. The maximum atomic E-state index is 13.1. The molecule has 6 nitrogen and oxygen atoms in total. The minimum absolute atomic E-state index is 0.0355. The third-order valence-electron chi connectivity index (χ3n) is 6.59. The van der Waals surface area contributed by atoms with E-state index < -0.39 is 11.2 Å². The zero-order valence-electron chi connectivity index (χ0n) is 18.8. The predicted octanol–water partition coefficient (Wildman–Crippen LogP) is 4.33. The Morgan fingerprint density at radius 3 is 2.76 bits per heavy atom. The van der Waals surface area contributed by atoms with E-state index in [4.69, 9.17) is 0 Å². The molecule has 8 heteroatoms. The highest BCUT2D eigenvalue weighted by atomic mass is 32.2. The summed E-state index contributed by atoms with van der Waals surface area (Å²) in [5.74, 6) is 0.531. The molecule has 1 aromatic heterocycles. The third-order valence-corrected chi connectivity index (χ3v) is 7.76. The summed E-state index contributed by atoms with van der Waals surface area (Å²) in [6.07, 6.45) is 4.17. The number of rotatable bonds is 0. The van der Waals surface area contributed by atoms with Crippen LogP contribution in [-0.4, -0.2) is 33.3 Å². The van der Waals surface area contributed by atoms with Gasteiger partial charge in [-0.3, -0.25) is 14.3 Å². The van der Waals surface area contributed by atoms with Gasteiger partial charge in [-0.1, -0.05) is 31.2 Å². The molecule has 2 N–H and O–H groups in total. The topological polar surface area (TPSA) is 74.6 Å². The van der Waals surface area contributed by atoms with Crippen LogP contribution in [0.25, 0.3) is 0 Å². The average molecular weight is 480 g/mol. The second-order valence-corrected chi connectivity index (χ2v) is 10.0. The van der Waals surface area contributed by atoms with Crippen molar-refractivity contribution in [2.45, 2.75) is 43.0 Å². The molecule has 2 atom stereocenters. The Morgan fingerprint density at radius 1 is 1.09 bits per heavy atom. The molecule has 3 aliphatic rings. The maximum absolute atomic E-state index is 13.1. The maximum Gasteiger partial charge on any atom is 0.278 e. The van der Waals surface area contributed by atoms with Crippen molar-refractivity contribution in [2.75, 3.05) is 12.0 Å². The van der Waals surface area contributed by atoms with Gasteiger partial charge in [-0.25, -0.2) is 4.39 Å². The van der Waals surface area contributed by atoms with Crippen LogP contribution < -0.4 is 10.9 Å². The molecule has 3 aromatic rings. The molecule has 3 aliphatic heterocycles. The summed E-state index contributed by atoms with van der Waals surface area (Å²) in [4.78, 5) is 26.7. The van der Waals surface area contributed by atoms with Crippen LogP contribution in [0.2, 0.25) is 0 Å². The first-order valence-corrected chi connectivity index (χ1v) is 12.4. The molecule has 6 rings (SSSR count). The van der Waals surface area contributed by atoms with Crippen molar-refractivity contribution >= 4 is 17.7 Å². The normalized spacial score (nSPS) is 20.4. The first-order chi connectivity index (χ1) is 16.4. The minimum atomic E-state index is -0.528. The lowest BCUT2D eigenvalue weighted by atomic mass is 9.95. The highest BCUT2D eigenvalue weighted by Crippen LogP contribution is 2.33. The third kappa shape index (κ3) is 4.30. The van der Waals surface area contributed by atoms with Crippen LogP contribution >= 0.6 is 11.8 Å². The lowest BCUT2D eigenvalue weighted by Crippen LogP contribution is -2.57. The average Bonchev–Trinajstić information content (AvgIpc) is 3.01. The second-order valence-electron chi connectivity index (χ2n) is 9.01. The SMILES string of the molecule is C[C@@H]1CCN2C(=O)c3c(O)c(=O)ccn3N[C@@H]2C1.Fc1ccc2c(c1)CSc1ccccc1C2. The number of hydrogen-bond acceptors (Lipinski definition) is 5. The van der Waals surface area contributed by atoms with Crippen molar-refractivity contribution in [2.24, 2.45) is 5.92 Å². The van der Waals surface area contributed by atoms with Gasteiger partial charge in [0.1, 0.15) is 12.0 Å².